The van der Waals surface area contributed by atoms with Gasteiger partial charge in [0, 0.05) is 23.6 Å². The van der Waals surface area contributed by atoms with E-state index in [1.54, 1.807) is 7.11 Å². The molecule has 106 valence electrons. The molecule has 1 amide bonds. The lowest BCUT2D eigenvalue weighted by Gasteiger charge is -2.14. The minimum absolute atomic E-state index is 0.156. The molecule has 1 aromatic carbocycles. The minimum atomic E-state index is -0.334. The van der Waals surface area contributed by atoms with Crippen molar-refractivity contribution in [1.29, 1.82) is 0 Å². The molecule has 1 aliphatic rings. The number of amides is 1. The fourth-order valence-corrected chi connectivity index (χ4v) is 2.77. The van der Waals surface area contributed by atoms with E-state index < -0.39 is 0 Å². The van der Waals surface area contributed by atoms with Gasteiger partial charge in [-0.3, -0.25) is 4.79 Å². The summed E-state index contributed by atoms with van der Waals surface area (Å²) >= 11 is 0. The van der Waals surface area contributed by atoms with Crippen molar-refractivity contribution in [3.63, 3.8) is 0 Å². The number of benzene rings is 1. The van der Waals surface area contributed by atoms with E-state index in [1.165, 1.54) is 0 Å². The molecule has 4 heteroatoms. The lowest BCUT2D eigenvalue weighted by atomic mass is 9.94. The lowest BCUT2D eigenvalue weighted by molar-refractivity contribution is -0.123. The molecule has 0 bridgehead atoms. The summed E-state index contributed by atoms with van der Waals surface area (Å²) in [7, 11) is 1.66. The van der Waals surface area contributed by atoms with Crippen molar-refractivity contribution in [3.8, 4) is 5.75 Å². The Morgan fingerprint density at radius 2 is 2.25 bits per heavy atom. The Balaban J connectivity index is 1.99. The van der Waals surface area contributed by atoms with Crippen LogP contribution >= 0.6 is 0 Å². The highest BCUT2D eigenvalue weighted by molar-refractivity contribution is 5.97. The predicted molar refractivity (Wildman–Crippen MR) is 79.1 cm³/mol. The second-order valence-corrected chi connectivity index (χ2v) is 5.45. The van der Waals surface area contributed by atoms with Gasteiger partial charge in [-0.25, -0.2) is 0 Å². The van der Waals surface area contributed by atoms with Crippen LogP contribution in [-0.4, -0.2) is 24.5 Å². The topological polar surface area (TPSA) is 54.1 Å². The molecule has 1 heterocycles. The van der Waals surface area contributed by atoms with E-state index in [2.05, 4.69) is 17.2 Å². The molecule has 2 aromatic rings. The van der Waals surface area contributed by atoms with Gasteiger partial charge in [0.2, 0.25) is 5.91 Å². The number of H-pyrrole nitrogens is 1. The van der Waals surface area contributed by atoms with Gasteiger partial charge in [0.25, 0.3) is 0 Å². The molecule has 1 saturated carbocycles. The highest BCUT2D eigenvalue weighted by atomic mass is 16.5. The minimum Gasteiger partial charge on any atom is -0.497 e. The number of hydrogen-bond donors (Lipinski definition) is 2. The molecule has 1 fully saturated rings. The van der Waals surface area contributed by atoms with E-state index in [9.17, 15) is 4.79 Å². The van der Waals surface area contributed by atoms with E-state index in [0.717, 1.165) is 48.0 Å². The largest absolute Gasteiger partial charge is 0.497 e. The van der Waals surface area contributed by atoms with Crippen LogP contribution < -0.4 is 10.1 Å². The van der Waals surface area contributed by atoms with Gasteiger partial charge >= 0.3 is 0 Å². The van der Waals surface area contributed by atoms with Crippen LogP contribution in [0.15, 0.2) is 24.4 Å². The van der Waals surface area contributed by atoms with Gasteiger partial charge in [0.05, 0.1) is 12.5 Å². The summed E-state index contributed by atoms with van der Waals surface area (Å²) in [6, 6.07) is 5.94. The first kappa shape index (κ1) is 13.0. The van der Waals surface area contributed by atoms with Gasteiger partial charge < -0.3 is 15.0 Å². The van der Waals surface area contributed by atoms with E-state index in [0.29, 0.717) is 0 Å². The van der Waals surface area contributed by atoms with E-state index in [-0.39, 0.29) is 11.3 Å². The molecular formula is C16H20N2O2. The summed E-state index contributed by atoms with van der Waals surface area (Å²) in [5.41, 5.74) is 1.81. The SMILES string of the molecule is CCCNC(=O)C1(c2c[nH]c3ccc(OC)cc23)CC1. The number of carbonyl (C=O) groups excluding carboxylic acids is 1. The van der Waals surface area contributed by atoms with Gasteiger partial charge in [-0.05, 0) is 43.0 Å². The maximum Gasteiger partial charge on any atom is 0.230 e. The van der Waals surface area contributed by atoms with Crippen LogP contribution in [0.3, 0.4) is 0 Å². The third-order valence-electron chi connectivity index (χ3n) is 4.12. The van der Waals surface area contributed by atoms with Crippen LogP contribution in [0.4, 0.5) is 0 Å². The van der Waals surface area contributed by atoms with Crippen LogP contribution in [0.2, 0.25) is 0 Å². The third kappa shape index (κ3) is 1.96. The Kier molecular flexibility index (Phi) is 3.16. The molecule has 0 radical (unpaired) electrons. The van der Waals surface area contributed by atoms with Crippen molar-refractivity contribution in [2.45, 2.75) is 31.6 Å². The fourth-order valence-electron chi connectivity index (χ4n) is 2.77. The van der Waals surface area contributed by atoms with E-state index >= 15 is 0 Å². The molecule has 4 nitrogen and oxygen atoms in total. The number of nitrogens with one attached hydrogen (secondary N) is 2. The van der Waals surface area contributed by atoms with Crippen molar-refractivity contribution in [2.24, 2.45) is 0 Å². The number of hydrogen-bond acceptors (Lipinski definition) is 2. The third-order valence-corrected chi connectivity index (χ3v) is 4.12. The first-order valence-electron chi connectivity index (χ1n) is 7.15. The summed E-state index contributed by atoms with van der Waals surface area (Å²) in [4.78, 5) is 15.7. The second kappa shape index (κ2) is 4.85. The Morgan fingerprint density at radius 1 is 1.45 bits per heavy atom. The number of rotatable bonds is 5. The molecule has 0 spiro atoms. The fraction of sp³-hybridized carbons (Fsp3) is 0.438. The normalized spacial score (nSPS) is 16.1. The lowest BCUT2D eigenvalue weighted by Crippen LogP contribution is -2.35. The molecule has 3 rings (SSSR count). The summed E-state index contributed by atoms with van der Waals surface area (Å²) in [6.45, 7) is 2.81. The molecule has 2 N–H and O–H groups in total. The molecule has 1 aromatic heterocycles. The van der Waals surface area contributed by atoms with Crippen molar-refractivity contribution in [1.82, 2.24) is 10.3 Å². The summed E-state index contributed by atoms with van der Waals surface area (Å²) in [5, 5.41) is 4.12. The smallest absolute Gasteiger partial charge is 0.230 e. The zero-order valence-electron chi connectivity index (χ0n) is 12.0. The number of aromatic nitrogens is 1. The first-order chi connectivity index (χ1) is 9.71. The first-order valence-corrected chi connectivity index (χ1v) is 7.15. The van der Waals surface area contributed by atoms with Gasteiger partial charge in [-0.1, -0.05) is 6.92 Å². The summed E-state index contributed by atoms with van der Waals surface area (Å²) < 4.78 is 5.29. The monoisotopic (exact) mass is 272 g/mol. The average Bonchev–Trinajstić information content (AvgIpc) is 3.18. The van der Waals surface area contributed by atoms with Gasteiger partial charge in [-0.2, -0.15) is 0 Å². The Labute approximate surface area is 118 Å². The van der Waals surface area contributed by atoms with Crippen LogP contribution in [0.1, 0.15) is 31.7 Å². The predicted octanol–water partition coefficient (Wildman–Crippen LogP) is 2.73. The maximum absolute atomic E-state index is 12.4. The standard InChI is InChI=1S/C16H20N2O2/c1-3-8-17-15(19)16(6-7-16)13-10-18-14-5-4-11(20-2)9-12(13)14/h4-5,9-10,18H,3,6-8H2,1-2H3,(H,17,19). The highest BCUT2D eigenvalue weighted by Gasteiger charge is 2.52. The number of fused-ring (bicyclic) bond motifs is 1. The molecule has 0 atom stereocenters. The number of carbonyl (C=O) groups is 1. The molecule has 0 saturated heterocycles. The Hall–Kier alpha value is -1.97. The Morgan fingerprint density at radius 3 is 2.90 bits per heavy atom. The second-order valence-electron chi connectivity index (χ2n) is 5.45. The van der Waals surface area contributed by atoms with Crippen molar-refractivity contribution in [3.05, 3.63) is 30.0 Å². The van der Waals surface area contributed by atoms with Gasteiger partial charge in [-0.15, -0.1) is 0 Å². The molecular weight excluding hydrogens is 252 g/mol. The molecule has 0 aliphatic heterocycles. The van der Waals surface area contributed by atoms with Crippen LogP contribution in [0, 0.1) is 0 Å². The average molecular weight is 272 g/mol. The maximum atomic E-state index is 12.4. The zero-order valence-corrected chi connectivity index (χ0v) is 12.0. The molecule has 20 heavy (non-hydrogen) atoms. The number of methoxy groups -OCH3 is 1. The van der Waals surface area contributed by atoms with E-state index in [4.69, 9.17) is 4.74 Å². The van der Waals surface area contributed by atoms with Crippen LogP contribution in [0.5, 0.6) is 5.75 Å². The van der Waals surface area contributed by atoms with Crippen LogP contribution in [0.25, 0.3) is 10.9 Å². The summed E-state index contributed by atoms with van der Waals surface area (Å²) in [5.74, 6) is 0.978. The van der Waals surface area contributed by atoms with Gasteiger partial charge in [0.1, 0.15) is 5.75 Å². The quantitative estimate of drug-likeness (QED) is 0.879. The number of aromatic amines is 1. The summed E-state index contributed by atoms with van der Waals surface area (Å²) in [6.07, 6.45) is 4.78. The van der Waals surface area contributed by atoms with Crippen molar-refractivity contribution >= 4 is 16.8 Å². The molecule has 0 unspecified atom stereocenters. The zero-order chi connectivity index (χ0) is 14.2. The van der Waals surface area contributed by atoms with Crippen molar-refractivity contribution in [2.75, 3.05) is 13.7 Å². The van der Waals surface area contributed by atoms with E-state index in [1.807, 2.05) is 24.4 Å². The highest BCUT2D eigenvalue weighted by Crippen LogP contribution is 2.50. The van der Waals surface area contributed by atoms with Crippen LogP contribution in [-0.2, 0) is 10.2 Å². The Bertz CT molecular complexity index is 641. The number of ether oxygens (including phenoxy) is 1. The van der Waals surface area contributed by atoms with Crippen molar-refractivity contribution < 1.29 is 9.53 Å². The molecule has 1 aliphatic carbocycles. The van der Waals surface area contributed by atoms with Gasteiger partial charge in [0.15, 0.2) is 0 Å².